The van der Waals surface area contributed by atoms with E-state index >= 15 is 0 Å². The molecule has 2 atom stereocenters. The average Bonchev–Trinajstić information content (AvgIpc) is 2.91. The summed E-state index contributed by atoms with van der Waals surface area (Å²) in [5, 5.41) is 9.24. The van der Waals surface area contributed by atoms with E-state index in [0.717, 1.165) is 0 Å². The molecule has 0 aromatic rings. The number of urea groups is 1. The molecular weight excluding hydrogens is 278 g/mol. The fourth-order valence-corrected chi connectivity index (χ4v) is 2.81. The van der Waals surface area contributed by atoms with E-state index in [1.807, 2.05) is 0 Å². The second kappa shape index (κ2) is 6.30. The third-order valence-electron chi connectivity index (χ3n) is 4.12. The van der Waals surface area contributed by atoms with Gasteiger partial charge in [0.25, 0.3) is 0 Å². The number of rotatable bonds is 2. The molecule has 2 unspecified atom stereocenters. The molecule has 0 saturated carbocycles. The van der Waals surface area contributed by atoms with Crippen LogP contribution in [0, 0.1) is 0 Å². The average molecular weight is 299 g/mol. The van der Waals surface area contributed by atoms with Crippen molar-refractivity contribution in [3.05, 3.63) is 0 Å². The van der Waals surface area contributed by atoms with Crippen molar-refractivity contribution in [1.82, 2.24) is 14.7 Å². The zero-order chi connectivity index (χ0) is 15.6. The molecule has 3 amide bonds. The van der Waals surface area contributed by atoms with E-state index in [0.29, 0.717) is 39.1 Å². The van der Waals surface area contributed by atoms with Crippen LogP contribution in [0.15, 0.2) is 0 Å². The lowest BCUT2D eigenvalue weighted by molar-refractivity contribution is -0.141. The Morgan fingerprint density at radius 3 is 2.14 bits per heavy atom. The van der Waals surface area contributed by atoms with Gasteiger partial charge in [0.15, 0.2) is 0 Å². The first-order valence-corrected chi connectivity index (χ1v) is 7.00. The maximum Gasteiger partial charge on any atom is 0.326 e. The van der Waals surface area contributed by atoms with Crippen molar-refractivity contribution in [1.29, 1.82) is 0 Å². The summed E-state index contributed by atoms with van der Waals surface area (Å²) in [6, 6.07) is -1.13. The van der Waals surface area contributed by atoms with Crippen LogP contribution in [0.1, 0.15) is 13.3 Å². The minimum atomic E-state index is -1.01. The first kappa shape index (κ1) is 15.6. The number of likely N-dealkylation sites (tertiary alicyclic amines) is 1. The highest BCUT2D eigenvalue weighted by Crippen LogP contribution is 2.22. The summed E-state index contributed by atoms with van der Waals surface area (Å²) in [7, 11) is 1.52. The number of carbonyl (C=O) groups excluding carboxylic acids is 2. The van der Waals surface area contributed by atoms with Crippen LogP contribution in [0.5, 0.6) is 0 Å². The zero-order valence-electron chi connectivity index (χ0n) is 12.3. The molecular formula is C13H21N3O5. The number of amides is 3. The van der Waals surface area contributed by atoms with Gasteiger partial charge in [-0.05, 0) is 0 Å². The summed E-state index contributed by atoms with van der Waals surface area (Å²) in [5.74, 6) is -1.02. The lowest BCUT2D eigenvalue weighted by atomic mass is 10.2. The Morgan fingerprint density at radius 2 is 1.67 bits per heavy atom. The summed E-state index contributed by atoms with van der Waals surface area (Å²) in [5.41, 5.74) is 0. The van der Waals surface area contributed by atoms with Gasteiger partial charge in [0.1, 0.15) is 6.04 Å². The molecule has 2 fully saturated rings. The highest BCUT2D eigenvalue weighted by Gasteiger charge is 2.41. The van der Waals surface area contributed by atoms with Crippen molar-refractivity contribution in [3.63, 3.8) is 0 Å². The Balaban J connectivity index is 1.99. The van der Waals surface area contributed by atoms with Gasteiger partial charge >= 0.3 is 12.0 Å². The number of aliphatic carboxylic acids is 1. The molecule has 0 spiro atoms. The fraction of sp³-hybridized carbons (Fsp3) is 0.769. The Hall–Kier alpha value is -1.83. The fourth-order valence-electron chi connectivity index (χ4n) is 2.81. The van der Waals surface area contributed by atoms with E-state index in [1.54, 1.807) is 9.80 Å². The number of nitrogens with zero attached hydrogens (tertiary/aromatic N) is 3. The minimum Gasteiger partial charge on any atom is -0.480 e. The maximum absolute atomic E-state index is 12.5. The number of ether oxygens (including phenoxy) is 1. The van der Waals surface area contributed by atoms with E-state index in [1.165, 1.54) is 18.9 Å². The molecule has 0 bridgehead atoms. The highest BCUT2D eigenvalue weighted by atomic mass is 16.5. The molecule has 1 N–H and O–H groups in total. The number of hydrogen-bond acceptors (Lipinski definition) is 4. The first-order valence-electron chi connectivity index (χ1n) is 7.00. The first-order chi connectivity index (χ1) is 9.93. The van der Waals surface area contributed by atoms with E-state index < -0.39 is 12.0 Å². The predicted octanol–water partition coefficient (Wildman–Crippen LogP) is -0.556. The van der Waals surface area contributed by atoms with Crippen molar-refractivity contribution >= 4 is 17.9 Å². The molecule has 0 aromatic carbocycles. The number of carboxylic acids is 1. The summed E-state index contributed by atoms with van der Waals surface area (Å²) in [6.07, 6.45) is 0.0684. The van der Waals surface area contributed by atoms with Gasteiger partial charge in [0.2, 0.25) is 5.91 Å². The van der Waals surface area contributed by atoms with Crippen LogP contribution in [0.4, 0.5) is 4.79 Å². The molecule has 2 aliphatic rings. The van der Waals surface area contributed by atoms with Gasteiger partial charge in [-0.3, -0.25) is 4.79 Å². The van der Waals surface area contributed by atoms with Crippen molar-refractivity contribution in [2.45, 2.75) is 25.5 Å². The number of piperazine rings is 1. The monoisotopic (exact) mass is 299 g/mol. The summed E-state index contributed by atoms with van der Waals surface area (Å²) >= 11 is 0. The molecule has 118 valence electrons. The third-order valence-corrected chi connectivity index (χ3v) is 4.12. The number of carbonyl (C=O) groups is 3. The van der Waals surface area contributed by atoms with Crippen molar-refractivity contribution in [2.75, 3.05) is 39.8 Å². The summed E-state index contributed by atoms with van der Waals surface area (Å²) in [4.78, 5) is 39.7. The van der Waals surface area contributed by atoms with Gasteiger partial charge in [-0.2, -0.15) is 0 Å². The zero-order valence-corrected chi connectivity index (χ0v) is 12.3. The van der Waals surface area contributed by atoms with Gasteiger partial charge in [-0.15, -0.1) is 0 Å². The van der Waals surface area contributed by atoms with Crippen molar-refractivity contribution < 1.29 is 24.2 Å². The summed E-state index contributed by atoms with van der Waals surface area (Å²) < 4.78 is 5.18. The van der Waals surface area contributed by atoms with Crippen LogP contribution in [-0.4, -0.2) is 89.7 Å². The molecule has 2 aliphatic heterocycles. The lowest BCUT2D eigenvalue weighted by Crippen LogP contribution is -2.55. The number of carboxylic acid groups (broad SMARTS) is 1. The van der Waals surface area contributed by atoms with Crippen LogP contribution in [0.25, 0.3) is 0 Å². The van der Waals surface area contributed by atoms with Gasteiger partial charge in [0.05, 0.1) is 6.10 Å². The standard InChI is InChI=1S/C13H21N3O5/c1-9(17)14-3-5-15(6-4-14)13(20)16-8-10(21-2)7-11(16)12(18)19/h10-11H,3-8H2,1-2H3,(H,18,19). The van der Waals surface area contributed by atoms with Crippen LogP contribution >= 0.6 is 0 Å². The van der Waals surface area contributed by atoms with Crippen molar-refractivity contribution in [3.8, 4) is 0 Å². The quantitative estimate of drug-likeness (QED) is 0.738. The molecule has 2 heterocycles. The SMILES string of the molecule is COC1CC(C(=O)O)N(C(=O)N2CCN(C(C)=O)CC2)C1. The molecule has 0 radical (unpaired) electrons. The molecule has 8 nitrogen and oxygen atoms in total. The van der Waals surface area contributed by atoms with Gasteiger partial charge < -0.3 is 24.5 Å². The van der Waals surface area contributed by atoms with E-state index in [-0.39, 0.29) is 18.0 Å². The molecule has 8 heteroatoms. The minimum absolute atomic E-state index is 0.00821. The van der Waals surface area contributed by atoms with Gasteiger partial charge in [-0.25, -0.2) is 9.59 Å². The molecule has 21 heavy (non-hydrogen) atoms. The summed E-state index contributed by atoms with van der Waals surface area (Å²) in [6.45, 7) is 3.62. The topological polar surface area (TPSA) is 90.4 Å². The predicted molar refractivity (Wildman–Crippen MR) is 72.8 cm³/mol. The van der Waals surface area contributed by atoms with Crippen molar-refractivity contribution in [2.24, 2.45) is 0 Å². The van der Waals surface area contributed by atoms with Crippen LogP contribution in [0.2, 0.25) is 0 Å². The Morgan fingerprint density at radius 1 is 1.10 bits per heavy atom. The molecule has 0 aliphatic carbocycles. The van der Waals surface area contributed by atoms with Crippen LogP contribution in [0.3, 0.4) is 0 Å². The van der Waals surface area contributed by atoms with E-state index in [4.69, 9.17) is 4.74 Å². The Bertz CT molecular complexity index is 434. The van der Waals surface area contributed by atoms with E-state index in [2.05, 4.69) is 0 Å². The number of methoxy groups -OCH3 is 1. The van der Waals surface area contributed by atoms with E-state index in [9.17, 15) is 19.5 Å². The molecule has 2 saturated heterocycles. The molecule has 2 rings (SSSR count). The lowest BCUT2D eigenvalue weighted by Gasteiger charge is -2.37. The second-order valence-corrected chi connectivity index (χ2v) is 5.38. The largest absolute Gasteiger partial charge is 0.480 e. The van der Waals surface area contributed by atoms with Crippen LogP contribution in [-0.2, 0) is 14.3 Å². The normalized spacial score (nSPS) is 26.1. The maximum atomic E-state index is 12.5. The van der Waals surface area contributed by atoms with Crippen LogP contribution < -0.4 is 0 Å². The Labute approximate surface area is 123 Å². The van der Waals surface area contributed by atoms with Gasteiger partial charge in [0, 0.05) is 53.2 Å². The Kier molecular flexibility index (Phi) is 4.66. The van der Waals surface area contributed by atoms with Gasteiger partial charge in [-0.1, -0.05) is 0 Å². The highest BCUT2D eigenvalue weighted by molar-refractivity contribution is 5.84. The molecule has 0 aromatic heterocycles. The third kappa shape index (κ3) is 3.26. The second-order valence-electron chi connectivity index (χ2n) is 5.38. The number of hydrogen-bond donors (Lipinski definition) is 1. The smallest absolute Gasteiger partial charge is 0.326 e.